The molecule has 0 saturated carbocycles. The van der Waals surface area contributed by atoms with Crippen LogP contribution in [0.3, 0.4) is 0 Å². The number of carbonyl (C=O) groups excluding carboxylic acids is 2. The van der Waals surface area contributed by atoms with Crippen LogP contribution in [0, 0.1) is 5.92 Å². The second-order valence-corrected chi connectivity index (χ2v) is 7.54. The van der Waals surface area contributed by atoms with E-state index in [1.54, 1.807) is 4.90 Å². The van der Waals surface area contributed by atoms with Gasteiger partial charge in [-0.1, -0.05) is 28.1 Å². The number of carbonyl (C=O) groups is 2. The number of nitrogens with zero attached hydrogens (tertiary/aromatic N) is 2. The van der Waals surface area contributed by atoms with Gasteiger partial charge < -0.3 is 15.2 Å². The Morgan fingerprint density at radius 2 is 2.00 bits per heavy atom. The molecule has 27 heavy (non-hydrogen) atoms. The zero-order chi connectivity index (χ0) is 18.8. The summed E-state index contributed by atoms with van der Waals surface area (Å²) in [6, 6.07) is 15.4. The van der Waals surface area contributed by atoms with Crippen LogP contribution in [0.1, 0.15) is 12.2 Å². The molecule has 1 aliphatic rings. The summed E-state index contributed by atoms with van der Waals surface area (Å²) >= 11 is 3.39. The minimum atomic E-state index is -0.322. The third kappa shape index (κ3) is 3.88. The molecular weight excluding hydrogens is 408 g/mol. The van der Waals surface area contributed by atoms with Crippen molar-refractivity contribution in [2.24, 2.45) is 5.92 Å². The fourth-order valence-electron chi connectivity index (χ4n) is 3.33. The van der Waals surface area contributed by atoms with Crippen LogP contribution in [0.5, 0.6) is 0 Å². The lowest BCUT2D eigenvalue weighted by atomic mass is 10.1. The van der Waals surface area contributed by atoms with Gasteiger partial charge in [0, 0.05) is 36.1 Å². The molecule has 2 N–H and O–H groups in total. The zero-order valence-electron chi connectivity index (χ0n) is 14.6. The first kappa shape index (κ1) is 17.7. The predicted molar refractivity (Wildman–Crippen MR) is 107 cm³/mol. The van der Waals surface area contributed by atoms with Gasteiger partial charge in [-0.2, -0.15) is 0 Å². The van der Waals surface area contributed by atoms with E-state index in [-0.39, 0.29) is 24.2 Å². The number of anilines is 1. The van der Waals surface area contributed by atoms with E-state index in [0.717, 1.165) is 27.0 Å². The van der Waals surface area contributed by atoms with Crippen LogP contribution in [0.15, 0.2) is 53.0 Å². The summed E-state index contributed by atoms with van der Waals surface area (Å²) in [6.45, 7) is 0.901. The topological polar surface area (TPSA) is 78.1 Å². The molecule has 3 aromatic rings. The summed E-state index contributed by atoms with van der Waals surface area (Å²) in [5.41, 5.74) is 2.73. The molecule has 1 aromatic heterocycles. The zero-order valence-corrected chi connectivity index (χ0v) is 16.2. The lowest BCUT2D eigenvalue weighted by Gasteiger charge is -2.16. The molecule has 2 amide bonds. The Morgan fingerprint density at radius 1 is 1.22 bits per heavy atom. The highest BCUT2D eigenvalue weighted by molar-refractivity contribution is 9.10. The Labute approximate surface area is 165 Å². The molecule has 2 heterocycles. The van der Waals surface area contributed by atoms with Crippen LogP contribution < -0.4 is 10.2 Å². The highest BCUT2D eigenvalue weighted by atomic mass is 79.9. The summed E-state index contributed by atoms with van der Waals surface area (Å²) < 4.78 is 0.956. The Hall–Kier alpha value is -2.67. The fourth-order valence-corrected chi connectivity index (χ4v) is 3.59. The van der Waals surface area contributed by atoms with E-state index in [9.17, 15) is 9.59 Å². The van der Waals surface area contributed by atoms with E-state index in [4.69, 9.17) is 0 Å². The van der Waals surface area contributed by atoms with E-state index >= 15 is 0 Å². The standard InChI is InChI=1S/C20H19BrN4O2/c21-14-5-7-15(8-6-14)25-12-13(11-19(25)26)20(27)22-10-9-18-23-16-3-1-2-4-17(16)24-18/h1-8,13H,9-12H2,(H,22,27)(H,23,24). The molecule has 1 unspecified atom stereocenters. The van der Waals surface area contributed by atoms with Gasteiger partial charge in [-0.3, -0.25) is 9.59 Å². The number of amides is 2. The first-order valence-electron chi connectivity index (χ1n) is 8.87. The number of rotatable bonds is 5. The number of H-pyrrole nitrogens is 1. The highest BCUT2D eigenvalue weighted by Gasteiger charge is 2.34. The smallest absolute Gasteiger partial charge is 0.227 e. The summed E-state index contributed by atoms with van der Waals surface area (Å²) in [6.07, 6.45) is 0.865. The molecule has 6 nitrogen and oxygen atoms in total. The monoisotopic (exact) mass is 426 g/mol. The molecule has 1 fully saturated rings. The maximum absolute atomic E-state index is 12.5. The summed E-state index contributed by atoms with van der Waals surface area (Å²) in [7, 11) is 0. The molecule has 0 spiro atoms. The number of halogens is 1. The number of hydrogen-bond donors (Lipinski definition) is 2. The van der Waals surface area contributed by atoms with Gasteiger partial charge in [-0.05, 0) is 36.4 Å². The van der Waals surface area contributed by atoms with Gasteiger partial charge in [0.15, 0.2) is 0 Å². The molecular formula is C20H19BrN4O2. The third-order valence-corrected chi connectivity index (χ3v) is 5.26. The van der Waals surface area contributed by atoms with Crippen molar-refractivity contribution in [1.29, 1.82) is 0 Å². The Bertz CT molecular complexity index is 950. The van der Waals surface area contributed by atoms with E-state index in [0.29, 0.717) is 19.5 Å². The minimum absolute atomic E-state index is 0.0187. The Kier molecular flexibility index (Phi) is 4.94. The summed E-state index contributed by atoms with van der Waals surface area (Å²) in [5.74, 6) is 0.418. The molecule has 1 saturated heterocycles. The van der Waals surface area contributed by atoms with Gasteiger partial charge in [-0.15, -0.1) is 0 Å². The number of aromatic nitrogens is 2. The molecule has 0 radical (unpaired) electrons. The van der Waals surface area contributed by atoms with Crippen LogP contribution in [-0.2, 0) is 16.0 Å². The lowest BCUT2D eigenvalue weighted by molar-refractivity contribution is -0.126. The maximum atomic E-state index is 12.5. The van der Waals surface area contributed by atoms with Gasteiger partial charge in [0.2, 0.25) is 11.8 Å². The number of benzene rings is 2. The second kappa shape index (κ2) is 7.52. The van der Waals surface area contributed by atoms with Crippen molar-refractivity contribution in [3.8, 4) is 0 Å². The molecule has 1 atom stereocenters. The highest BCUT2D eigenvalue weighted by Crippen LogP contribution is 2.26. The van der Waals surface area contributed by atoms with Crippen LogP contribution in [0.4, 0.5) is 5.69 Å². The molecule has 0 bridgehead atoms. The SMILES string of the molecule is O=C(NCCc1nc2ccccc2[nH]1)C1CC(=O)N(c2ccc(Br)cc2)C1. The minimum Gasteiger partial charge on any atom is -0.355 e. The molecule has 2 aromatic carbocycles. The number of aromatic amines is 1. The van der Waals surface area contributed by atoms with E-state index in [1.807, 2.05) is 48.5 Å². The Morgan fingerprint density at radius 3 is 2.78 bits per heavy atom. The van der Waals surface area contributed by atoms with E-state index in [2.05, 4.69) is 31.2 Å². The average Bonchev–Trinajstić information content (AvgIpc) is 3.25. The van der Waals surface area contributed by atoms with Crippen molar-refractivity contribution in [1.82, 2.24) is 15.3 Å². The molecule has 7 heteroatoms. The quantitative estimate of drug-likeness (QED) is 0.657. The third-order valence-electron chi connectivity index (χ3n) is 4.73. The van der Waals surface area contributed by atoms with Crippen LogP contribution >= 0.6 is 15.9 Å². The van der Waals surface area contributed by atoms with Gasteiger partial charge >= 0.3 is 0 Å². The number of imidazole rings is 1. The van der Waals surface area contributed by atoms with Crippen LogP contribution in [0.2, 0.25) is 0 Å². The van der Waals surface area contributed by atoms with Crippen molar-refractivity contribution in [3.05, 3.63) is 58.8 Å². The first-order valence-corrected chi connectivity index (χ1v) is 9.67. The van der Waals surface area contributed by atoms with Gasteiger partial charge in [-0.25, -0.2) is 4.98 Å². The number of fused-ring (bicyclic) bond motifs is 1. The van der Waals surface area contributed by atoms with Crippen LogP contribution in [0.25, 0.3) is 11.0 Å². The molecule has 4 rings (SSSR count). The average molecular weight is 427 g/mol. The first-order chi connectivity index (χ1) is 13.1. The van der Waals surface area contributed by atoms with Gasteiger partial charge in [0.05, 0.1) is 17.0 Å². The van der Waals surface area contributed by atoms with Crippen LogP contribution in [-0.4, -0.2) is 34.9 Å². The molecule has 0 aliphatic carbocycles. The normalized spacial score (nSPS) is 16.9. The number of nitrogens with one attached hydrogen (secondary N) is 2. The van der Waals surface area contributed by atoms with Crippen molar-refractivity contribution in [2.75, 3.05) is 18.0 Å². The van der Waals surface area contributed by atoms with Crippen molar-refractivity contribution in [3.63, 3.8) is 0 Å². The second-order valence-electron chi connectivity index (χ2n) is 6.62. The summed E-state index contributed by atoms with van der Waals surface area (Å²) in [5, 5.41) is 2.93. The molecule has 1 aliphatic heterocycles. The van der Waals surface area contributed by atoms with Crippen molar-refractivity contribution < 1.29 is 9.59 Å². The van der Waals surface area contributed by atoms with E-state index < -0.39 is 0 Å². The van der Waals surface area contributed by atoms with Gasteiger partial charge in [0.1, 0.15) is 5.82 Å². The lowest BCUT2D eigenvalue weighted by Crippen LogP contribution is -2.34. The van der Waals surface area contributed by atoms with E-state index in [1.165, 1.54) is 0 Å². The predicted octanol–water partition coefficient (Wildman–Crippen LogP) is 3.04. The maximum Gasteiger partial charge on any atom is 0.227 e. The summed E-state index contributed by atoms with van der Waals surface area (Å²) in [4.78, 5) is 34.2. The number of hydrogen-bond acceptors (Lipinski definition) is 3. The van der Waals surface area contributed by atoms with Gasteiger partial charge in [0.25, 0.3) is 0 Å². The van der Waals surface area contributed by atoms with Crippen molar-refractivity contribution in [2.45, 2.75) is 12.8 Å². The largest absolute Gasteiger partial charge is 0.355 e. The Balaban J connectivity index is 1.32. The van der Waals surface area contributed by atoms with Crippen molar-refractivity contribution >= 4 is 44.5 Å². The molecule has 138 valence electrons. The number of para-hydroxylation sites is 2. The fraction of sp³-hybridized carbons (Fsp3) is 0.250.